The van der Waals surface area contributed by atoms with Crippen LogP contribution >= 0.6 is 0 Å². The minimum atomic E-state index is -0.415. The molecule has 454 valence electrons. The average molecular weight is 1100 g/mol. The molecule has 0 saturated carbocycles. The molecule has 0 radical (unpaired) electrons. The zero-order valence-electron chi connectivity index (χ0n) is 52.3. The summed E-state index contributed by atoms with van der Waals surface area (Å²) < 4.78 is 26.0. The molecule has 2 rings (SSSR count). The first-order valence-electron chi connectivity index (χ1n) is 34.6. The van der Waals surface area contributed by atoms with Gasteiger partial charge in [0, 0.05) is 18.6 Å². The molecule has 2 aromatic rings. The standard InChI is InChI=1S/C73H126O6/c1-4-7-10-13-16-19-22-25-28-31-34-37-40-43-46-54-61-76-70-64-67(66-79-73(75)69-59-52-51-58-68(69)57-50-49-53-60-74)65-71(77-62-55-47-44-41-38-35-32-29-26-23-20-17-14-11-8-5-2)72(70)78-63-56-48-45-42-39-36-33-30-27-24-21-18-15-12-9-6-3/h51-52,58-59,64-65,74H,4-49,53-56,60-63,66H2,1-3H3. The molecule has 0 bridgehead atoms. The third-order valence-electron chi connectivity index (χ3n) is 16.0. The molecule has 0 fully saturated rings. The average Bonchev–Trinajstić information content (AvgIpc) is 3.49. The van der Waals surface area contributed by atoms with Gasteiger partial charge in [0.15, 0.2) is 11.5 Å². The van der Waals surface area contributed by atoms with E-state index in [0.29, 0.717) is 61.0 Å². The van der Waals surface area contributed by atoms with Crippen molar-refractivity contribution in [1.29, 1.82) is 0 Å². The monoisotopic (exact) mass is 1100 g/mol. The van der Waals surface area contributed by atoms with Crippen LogP contribution in [0.2, 0.25) is 0 Å². The second-order valence-corrected chi connectivity index (χ2v) is 23.6. The molecular weight excluding hydrogens is 973 g/mol. The zero-order valence-corrected chi connectivity index (χ0v) is 52.3. The van der Waals surface area contributed by atoms with Gasteiger partial charge in [0.2, 0.25) is 5.75 Å². The Bertz CT molecular complexity index is 1630. The van der Waals surface area contributed by atoms with Crippen LogP contribution in [0.4, 0.5) is 0 Å². The highest BCUT2D eigenvalue weighted by atomic mass is 16.5. The van der Waals surface area contributed by atoms with Crippen LogP contribution in [-0.4, -0.2) is 37.5 Å². The smallest absolute Gasteiger partial charge is 0.339 e. The molecule has 0 aliphatic carbocycles. The lowest BCUT2D eigenvalue weighted by atomic mass is 10.0. The van der Waals surface area contributed by atoms with Crippen LogP contribution in [0.15, 0.2) is 36.4 Å². The molecular formula is C73H126O6. The topological polar surface area (TPSA) is 74.2 Å². The zero-order chi connectivity index (χ0) is 56.4. The molecule has 0 unspecified atom stereocenters. The number of hydrogen-bond acceptors (Lipinski definition) is 6. The van der Waals surface area contributed by atoms with E-state index in [2.05, 4.69) is 32.6 Å². The van der Waals surface area contributed by atoms with Crippen molar-refractivity contribution in [2.75, 3.05) is 26.4 Å². The summed E-state index contributed by atoms with van der Waals surface area (Å²) in [5, 5.41) is 9.23. The largest absolute Gasteiger partial charge is 0.490 e. The Balaban J connectivity index is 2.01. The molecule has 6 nitrogen and oxygen atoms in total. The van der Waals surface area contributed by atoms with Crippen LogP contribution in [0.1, 0.15) is 363 Å². The van der Waals surface area contributed by atoms with E-state index in [0.717, 1.165) is 44.1 Å². The van der Waals surface area contributed by atoms with Crippen LogP contribution in [-0.2, 0) is 11.3 Å². The highest BCUT2D eigenvalue weighted by Gasteiger charge is 2.19. The lowest BCUT2D eigenvalue weighted by Crippen LogP contribution is -2.09. The van der Waals surface area contributed by atoms with Gasteiger partial charge in [-0.15, -0.1) is 0 Å². The molecule has 0 amide bonds. The summed E-state index contributed by atoms with van der Waals surface area (Å²) in [4.78, 5) is 13.6. The molecule has 0 spiro atoms. The van der Waals surface area contributed by atoms with E-state index in [9.17, 15) is 9.90 Å². The van der Waals surface area contributed by atoms with E-state index in [1.807, 2.05) is 30.3 Å². The fourth-order valence-electron chi connectivity index (χ4n) is 10.9. The van der Waals surface area contributed by atoms with Crippen LogP contribution in [0.25, 0.3) is 0 Å². The Morgan fingerprint density at radius 1 is 0.392 bits per heavy atom. The van der Waals surface area contributed by atoms with E-state index in [-0.39, 0.29) is 13.2 Å². The van der Waals surface area contributed by atoms with Crippen molar-refractivity contribution in [1.82, 2.24) is 0 Å². The van der Waals surface area contributed by atoms with Gasteiger partial charge in [0.25, 0.3) is 0 Å². The highest BCUT2D eigenvalue weighted by Crippen LogP contribution is 2.40. The molecule has 0 atom stereocenters. The number of ether oxygens (including phenoxy) is 4. The fourth-order valence-corrected chi connectivity index (χ4v) is 10.9. The maximum atomic E-state index is 13.6. The van der Waals surface area contributed by atoms with Gasteiger partial charge >= 0.3 is 5.97 Å². The third-order valence-corrected chi connectivity index (χ3v) is 16.0. The lowest BCUT2D eigenvalue weighted by Gasteiger charge is -2.19. The second-order valence-electron chi connectivity index (χ2n) is 23.6. The number of carbonyl (C=O) groups excluding carboxylic acids is 1. The minimum Gasteiger partial charge on any atom is -0.490 e. The van der Waals surface area contributed by atoms with Crippen LogP contribution in [0.5, 0.6) is 17.2 Å². The number of carbonyl (C=O) groups is 1. The van der Waals surface area contributed by atoms with Crippen molar-refractivity contribution in [3.05, 3.63) is 53.1 Å². The molecule has 0 saturated heterocycles. The second kappa shape index (κ2) is 56.7. The maximum Gasteiger partial charge on any atom is 0.339 e. The Morgan fingerprint density at radius 3 is 1.03 bits per heavy atom. The molecule has 0 aliphatic heterocycles. The summed E-state index contributed by atoms with van der Waals surface area (Å²) in [5.74, 6) is 7.85. The van der Waals surface area contributed by atoms with Crippen LogP contribution in [0, 0.1) is 11.8 Å². The Hall–Kier alpha value is -3.17. The molecule has 6 heteroatoms. The molecule has 0 heterocycles. The predicted octanol–water partition coefficient (Wildman–Crippen LogP) is 23.1. The number of esters is 1. The summed E-state index contributed by atoms with van der Waals surface area (Å²) in [6, 6.07) is 11.4. The normalized spacial score (nSPS) is 11.2. The summed E-state index contributed by atoms with van der Waals surface area (Å²) in [6.45, 7) is 8.90. The molecule has 2 aromatic carbocycles. The van der Waals surface area contributed by atoms with Gasteiger partial charge in [-0.05, 0) is 55.5 Å². The van der Waals surface area contributed by atoms with Gasteiger partial charge in [0.1, 0.15) is 6.61 Å². The van der Waals surface area contributed by atoms with Crippen LogP contribution < -0.4 is 14.2 Å². The van der Waals surface area contributed by atoms with Crippen molar-refractivity contribution in [2.24, 2.45) is 0 Å². The van der Waals surface area contributed by atoms with Crippen molar-refractivity contribution < 1.29 is 28.8 Å². The van der Waals surface area contributed by atoms with E-state index in [1.165, 1.54) is 270 Å². The van der Waals surface area contributed by atoms with Gasteiger partial charge in [-0.3, -0.25) is 0 Å². The number of rotatable bonds is 59. The summed E-state index contributed by atoms with van der Waals surface area (Å²) in [7, 11) is 0. The van der Waals surface area contributed by atoms with Crippen molar-refractivity contribution >= 4 is 5.97 Å². The Morgan fingerprint density at radius 2 is 0.696 bits per heavy atom. The first-order valence-corrected chi connectivity index (χ1v) is 34.6. The summed E-state index contributed by atoms with van der Waals surface area (Å²) in [6.07, 6.45) is 65.3. The first kappa shape index (κ1) is 71.9. The van der Waals surface area contributed by atoms with Crippen LogP contribution in [0.3, 0.4) is 0 Å². The predicted molar refractivity (Wildman–Crippen MR) is 340 cm³/mol. The number of aliphatic hydroxyl groups is 1. The number of hydrogen-bond donors (Lipinski definition) is 1. The number of benzene rings is 2. The Kier molecular flexibility index (Phi) is 51.6. The number of aliphatic hydroxyl groups excluding tert-OH is 1. The lowest BCUT2D eigenvalue weighted by molar-refractivity contribution is 0.0471. The third kappa shape index (κ3) is 43.2. The van der Waals surface area contributed by atoms with Crippen molar-refractivity contribution in [3.63, 3.8) is 0 Å². The maximum absolute atomic E-state index is 13.6. The molecule has 1 N–H and O–H groups in total. The van der Waals surface area contributed by atoms with Gasteiger partial charge in [0.05, 0.1) is 25.4 Å². The quantitative estimate of drug-likeness (QED) is 0.0404. The van der Waals surface area contributed by atoms with Crippen molar-refractivity contribution in [3.8, 4) is 29.1 Å². The Labute approximate surface area is 489 Å². The molecule has 79 heavy (non-hydrogen) atoms. The van der Waals surface area contributed by atoms with E-state index < -0.39 is 5.97 Å². The fraction of sp³-hybridized carbons (Fsp3) is 0.795. The highest BCUT2D eigenvalue weighted by molar-refractivity contribution is 5.92. The summed E-state index contributed by atoms with van der Waals surface area (Å²) >= 11 is 0. The van der Waals surface area contributed by atoms with Crippen molar-refractivity contribution in [2.45, 2.75) is 348 Å². The SMILES string of the molecule is CCCCCCCCCCCCCCCCCCOc1cc(COC(=O)c2ccccc2C#CCCCO)cc(OCCCCCCCCCCCCCCCCCC)c1OCCCCCCCCCCCCCCCCCC. The van der Waals surface area contributed by atoms with Gasteiger partial charge in [-0.2, -0.15) is 0 Å². The molecule has 0 aliphatic rings. The number of unbranched alkanes of at least 4 members (excludes halogenated alkanes) is 46. The van der Waals surface area contributed by atoms with E-state index >= 15 is 0 Å². The first-order chi connectivity index (χ1) is 39.1. The van der Waals surface area contributed by atoms with Gasteiger partial charge < -0.3 is 24.1 Å². The summed E-state index contributed by atoms with van der Waals surface area (Å²) in [5.41, 5.74) is 1.89. The van der Waals surface area contributed by atoms with E-state index in [1.54, 1.807) is 6.07 Å². The van der Waals surface area contributed by atoms with Gasteiger partial charge in [-0.25, -0.2) is 4.79 Å². The minimum absolute atomic E-state index is 0.0787. The van der Waals surface area contributed by atoms with E-state index in [4.69, 9.17) is 18.9 Å². The molecule has 0 aromatic heterocycles. The van der Waals surface area contributed by atoms with Gasteiger partial charge in [-0.1, -0.05) is 334 Å².